The summed E-state index contributed by atoms with van der Waals surface area (Å²) in [6.07, 6.45) is 8.91. The molecule has 0 amide bonds. The molecule has 0 aliphatic carbocycles. The highest BCUT2D eigenvalue weighted by atomic mass is 35.5. The third-order valence-electron chi connectivity index (χ3n) is 6.10. The number of benzene rings is 2. The van der Waals surface area contributed by atoms with Gasteiger partial charge in [-0.3, -0.25) is 0 Å². The van der Waals surface area contributed by atoms with Crippen molar-refractivity contribution < 1.29 is 9.47 Å². The van der Waals surface area contributed by atoms with Crippen LogP contribution in [0.1, 0.15) is 56.1 Å². The van der Waals surface area contributed by atoms with Crippen LogP contribution in [-0.2, 0) is 13.1 Å². The van der Waals surface area contributed by atoms with E-state index in [1.807, 2.05) is 24.3 Å². The van der Waals surface area contributed by atoms with E-state index in [9.17, 15) is 0 Å². The quantitative estimate of drug-likeness (QED) is 0.117. The van der Waals surface area contributed by atoms with E-state index in [1.54, 1.807) is 14.2 Å². The van der Waals surface area contributed by atoms with Crippen LogP contribution in [0.25, 0.3) is 0 Å². The van der Waals surface area contributed by atoms with Crippen LogP contribution in [-0.4, -0.2) is 53.5 Å². The van der Waals surface area contributed by atoms with Crippen molar-refractivity contribution in [2.24, 2.45) is 0 Å². The molecule has 0 saturated carbocycles. The lowest BCUT2D eigenvalue weighted by Gasteiger charge is -2.08. The summed E-state index contributed by atoms with van der Waals surface area (Å²) in [4.78, 5) is 0. The number of hydrogen-bond donors (Lipinski definition) is 4. The van der Waals surface area contributed by atoms with Crippen molar-refractivity contribution in [3.8, 4) is 11.5 Å². The number of nitrogens with one attached hydrogen (secondary N) is 4. The van der Waals surface area contributed by atoms with E-state index in [4.69, 9.17) is 9.47 Å². The Morgan fingerprint density at radius 3 is 1.08 bits per heavy atom. The van der Waals surface area contributed by atoms with Gasteiger partial charge in [-0.25, -0.2) is 0 Å². The van der Waals surface area contributed by atoms with Gasteiger partial charge >= 0.3 is 0 Å². The Balaban J connectivity index is -0.00000324. The molecule has 0 heterocycles. The molecule has 0 fully saturated rings. The van der Waals surface area contributed by atoms with Crippen LogP contribution < -0.4 is 30.7 Å². The molecule has 0 radical (unpaired) electrons. The predicted octanol–water partition coefficient (Wildman–Crippen LogP) is 6.18. The Labute approximate surface area is 262 Å². The second kappa shape index (κ2) is 30.0. The molecule has 0 aromatic heterocycles. The maximum absolute atomic E-state index is 5.19. The second-order valence-electron chi connectivity index (χ2n) is 9.02. The van der Waals surface area contributed by atoms with Crippen molar-refractivity contribution in [2.45, 2.75) is 58.0 Å². The first-order chi connectivity index (χ1) is 17.3. The maximum atomic E-state index is 5.19. The van der Waals surface area contributed by atoms with E-state index >= 15 is 0 Å². The van der Waals surface area contributed by atoms with Gasteiger partial charge in [0.1, 0.15) is 11.5 Å². The summed E-state index contributed by atoms with van der Waals surface area (Å²) < 4.78 is 10.4. The summed E-state index contributed by atoms with van der Waals surface area (Å²) in [5.74, 6) is 1.83. The van der Waals surface area contributed by atoms with Gasteiger partial charge in [-0.05, 0) is 100 Å². The highest BCUT2D eigenvalue weighted by Gasteiger charge is 1.97. The van der Waals surface area contributed by atoms with E-state index in [1.165, 1.54) is 56.1 Å². The van der Waals surface area contributed by atoms with Crippen molar-refractivity contribution in [3.63, 3.8) is 0 Å². The first-order valence-electron chi connectivity index (χ1n) is 13.4. The van der Waals surface area contributed by atoms with E-state index in [0.717, 1.165) is 63.9 Å². The SMILES string of the molecule is COc1ccc(CNCCCNCCCCCCCNCCCNCc2ccc(OC)cc2)cc1.Cl.Cl.Cl.Cl. The van der Waals surface area contributed by atoms with Crippen LogP contribution in [0, 0.1) is 0 Å². The standard InChI is InChI=1S/C29H48N4O2.4ClH/c1-34-28-14-10-26(11-15-28)24-32-22-8-20-30-18-6-4-3-5-7-19-31-21-9-23-33-25-27-12-16-29(35-2)17-13-27;;;;/h10-17,30-33H,3-9,18-25H2,1-2H3;4*1H. The number of hydrogen-bond acceptors (Lipinski definition) is 6. The van der Waals surface area contributed by atoms with Gasteiger partial charge in [0.15, 0.2) is 0 Å². The summed E-state index contributed by atoms with van der Waals surface area (Å²) in [5.41, 5.74) is 2.60. The molecular weight excluding hydrogens is 578 g/mol. The first-order valence-corrected chi connectivity index (χ1v) is 13.4. The monoisotopic (exact) mass is 628 g/mol. The fraction of sp³-hybridized carbons (Fsp3) is 0.586. The Hall–Kier alpha value is -0.960. The van der Waals surface area contributed by atoms with Crippen molar-refractivity contribution >= 4 is 49.6 Å². The predicted molar refractivity (Wildman–Crippen MR) is 176 cm³/mol. The van der Waals surface area contributed by atoms with Gasteiger partial charge in [0.2, 0.25) is 0 Å². The number of methoxy groups -OCH3 is 2. The molecule has 2 rings (SSSR count). The molecule has 0 spiro atoms. The van der Waals surface area contributed by atoms with Gasteiger partial charge in [-0.1, -0.05) is 43.5 Å². The molecule has 0 bridgehead atoms. The van der Waals surface area contributed by atoms with E-state index < -0.39 is 0 Å². The average molecular weight is 631 g/mol. The van der Waals surface area contributed by atoms with Crippen molar-refractivity contribution in [1.82, 2.24) is 21.3 Å². The van der Waals surface area contributed by atoms with Gasteiger partial charge in [0.25, 0.3) is 0 Å². The number of unbranched alkanes of at least 4 members (excludes halogenated alkanes) is 4. The Bertz CT molecular complexity index is 692. The highest BCUT2D eigenvalue weighted by Crippen LogP contribution is 2.11. The third kappa shape index (κ3) is 22.4. The highest BCUT2D eigenvalue weighted by molar-refractivity contribution is 5.86. The van der Waals surface area contributed by atoms with Crippen molar-refractivity contribution in [2.75, 3.05) is 53.5 Å². The van der Waals surface area contributed by atoms with Crippen LogP contribution in [0.2, 0.25) is 0 Å². The van der Waals surface area contributed by atoms with Crippen LogP contribution in [0.15, 0.2) is 48.5 Å². The van der Waals surface area contributed by atoms with E-state index in [2.05, 4.69) is 45.5 Å². The van der Waals surface area contributed by atoms with Gasteiger partial charge in [0, 0.05) is 13.1 Å². The molecule has 4 N–H and O–H groups in total. The molecule has 2 aromatic carbocycles. The number of ether oxygens (including phenoxy) is 2. The number of rotatable bonds is 22. The summed E-state index contributed by atoms with van der Waals surface area (Å²) in [7, 11) is 3.40. The molecule has 0 unspecified atom stereocenters. The lowest BCUT2D eigenvalue weighted by atomic mass is 10.1. The van der Waals surface area contributed by atoms with Crippen molar-refractivity contribution in [3.05, 3.63) is 59.7 Å². The van der Waals surface area contributed by atoms with E-state index in [0.29, 0.717) is 0 Å². The molecule has 10 heteroatoms. The van der Waals surface area contributed by atoms with Gasteiger partial charge < -0.3 is 30.7 Å². The topological polar surface area (TPSA) is 66.6 Å². The zero-order chi connectivity index (χ0) is 24.8. The first kappa shape index (κ1) is 42.5. The molecular formula is C29H52Cl4N4O2. The fourth-order valence-corrected chi connectivity index (χ4v) is 3.91. The minimum absolute atomic E-state index is 0. The molecule has 6 nitrogen and oxygen atoms in total. The van der Waals surface area contributed by atoms with Crippen molar-refractivity contribution in [1.29, 1.82) is 0 Å². The van der Waals surface area contributed by atoms with Gasteiger partial charge in [-0.2, -0.15) is 0 Å². The second-order valence-corrected chi connectivity index (χ2v) is 9.02. The largest absolute Gasteiger partial charge is 0.497 e. The lowest BCUT2D eigenvalue weighted by Crippen LogP contribution is -2.22. The van der Waals surface area contributed by atoms with Crippen LogP contribution in [0.5, 0.6) is 11.5 Å². The Morgan fingerprint density at radius 2 is 0.718 bits per heavy atom. The lowest BCUT2D eigenvalue weighted by molar-refractivity contribution is 0.414. The molecule has 0 saturated heterocycles. The minimum atomic E-state index is 0. The smallest absolute Gasteiger partial charge is 0.118 e. The third-order valence-corrected chi connectivity index (χ3v) is 6.10. The maximum Gasteiger partial charge on any atom is 0.118 e. The Kier molecular flexibility index (Phi) is 32.7. The van der Waals surface area contributed by atoms with Gasteiger partial charge in [0.05, 0.1) is 14.2 Å². The van der Waals surface area contributed by atoms with E-state index in [-0.39, 0.29) is 49.6 Å². The summed E-state index contributed by atoms with van der Waals surface area (Å²) >= 11 is 0. The summed E-state index contributed by atoms with van der Waals surface area (Å²) in [5, 5.41) is 14.1. The number of halogens is 4. The van der Waals surface area contributed by atoms with Crippen LogP contribution >= 0.6 is 49.6 Å². The zero-order valence-corrected chi connectivity index (χ0v) is 26.9. The zero-order valence-electron chi connectivity index (χ0n) is 23.7. The average Bonchev–Trinajstić information content (AvgIpc) is 2.90. The fourth-order valence-electron chi connectivity index (χ4n) is 3.91. The molecule has 0 aliphatic rings. The van der Waals surface area contributed by atoms with Crippen LogP contribution in [0.4, 0.5) is 0 Å². The van der Waals surface area contributed by atoms with Gasteiger partial charge in [-0.15, -0.1) is 49.6 Å². The molecule has 228 valence electrons. The molecule has 39 heavy (non-hydrogen) atoms. The molecule has 2 aromatic rings. The molecule has 0 atom stereocenters. The summed E-state index contributed by atoms with van der Waals surface area (Å²) in [6, 6.07) is 16.5. The molecule has 0 aliphatic heterocycles. The summed E-state index contributed by atoms with van der Waals surface area (Å²) in [6.45, 7) is 8.39. The Morgan fingerprint density at radius 1 is 0.410 bits per heavy atom. The normalized spacial score (nSPS) is 9.90. The minimum Gasteiger partial charge on any atom is -0.497 e. The van der Waals surface area contributed by atoms with Crippen LogP contribution in [0.3, 0.4) is 0 Å².